The highest BCUT2D eigenvalue weighted by Crippen LogP contribution is 2.34. The third-order valence-electron chi connectivity index (χ3n) is 4.58. The Bertz CT molecular complexity index is 588. The molecule has 0 spiro atoms. The van der Waals surface area contributed by atoms with Crippen LogP contribution in [0.25, 0.3) is 0 Å². The zero-order valence-electron chi connectivity index (χ0n) is 12.6. The Morgan fingerprint density at radius 1 is 1.29 bits per heavy atom. The van der Waals surface area contributed by atoms with Crippen molar-refractivity contribution in [2.75, 3.05) is 18.6 Å². The maximum atomic E-state index is 12.5. The van der Waals surface area contributed by atoms with E-state index in [1.807, 2.05) is 26.1 Å². The van der Waals surface area contributed by atoms with Crippen LogP contribution in [-0.4, -0.2) is 25.3 Å². The van der Waals surface area contributed by atoms with Gasteiger partial charge in [-0.25, -0.2) is 0 Å². The molecule has 0 N–H and O–H groups in total. The lowest BCUT2D eigenvalue weighted by molar-refractivity contribution is -0.121. The number of fused-ring (bicyclic) bond motifs is 1. The van der Waals surface area contributed by atoms with Crippen molar-refractivity contribution < 1.29 is 14.3 Å². The highest BCUT2D eigenvalue weighted by atomic mass is 16.5. The number of ketones is 1. The van der Waals surface area contributed by atoms with Crippen LogP contribution in [0, 0.1) is 12.8 Å². The minimum atomic E-state index is 0.121. The lowest BCUT2D eigenvalue weighted by atomic mass is 10.00. The molecule has 0 unspecified atom stereocenters. The number of hydrogen-bond acceptors (Lipinski definition) is 3. The summed E-state index contributed by atoms with van der Waals surface area (Å²) < 4.78 is 5.59. The number of anilines is 1. The van der Waals surface area contributed by atoms with Crippen molar-refractivity contribution >= 4 is 17.4 Å². The van der Waals surface area contributed by atoms with Crippen molar-refractivity contribution in [2.24, 2.45) is 5.92 Å². The fourth-order valence-corrected chi connectivity index (χ4v) is 3.33. The van der Waals surface area contributed by atoms with Gasteiger partial charge in [0.25, 0.3) is 0 Å². The van der Waals surface area contributed by atoms with Gasteiger partial charge in [-0.2, -0.15) is 0 Å². The van der Waals surface area contributed by atoms with E-state index in [0.29, 0.717) is 24.3 Å². The number of carbonyl (C=O) groups is 2. The molecule has 4 heteroatoms. The van der Waals surface area contributed by atoms with E-state index in [9.17, 15) is 9.59 Å². The molecule has 0 radical (unpaired) electrons. The number of ether oxygens (including phenoxy) is 1. The van der Waals surface area contributed by atoms with Gasteiger partial charge in [0.15, 0.2) is 5.78 Å². The van der Waals surface area contributed by atoms with E-state index in [1.165, 1.54) is 0 Å². The van der Waals surface area contributed by atoms with Gasteiger partial charge in [0.1, 0.15) is 5.75 Å². The zero-order valence-corrected chi connectivity index (χ0v) is 12.6. The standard InChI is InChI=1S/C17H21NO3/c1-11-9-13-15(19)7-8-21-16(13)10-14(11)18(2)17(20)12-5-3-4-6-12/h9-10,12H,3-8H2,1-2H3. The van der Waals surface area contributed by atoms with E-state index in [4.69, 9.17) is 4.74 Å². The molecule has 0 bridgehead atoms. The van der Waals surface area contributed by atoms with Crippen LogP contribution >= 0.6 is 0 Å². The van der Waals surface area contributed by atoms with Crippen molar-refractivity contribution in [3.63, 3.8) is 0 Å². The summed E-state index contributed by atoms with van der Waals surface area (Å²) in [7, 11) is 1.82. The summed E-state index contributed by atoms with van der Waals surface area (Å²) in [6, 6.07) is 3.69. The van der Waals surface area contributed by atoms with E-state index < -0.39 is 0 Å². The molecule has 1 saturated carbocycles. The SMILES string of the molecule is Cc1cc2c(cc1N(C)C(=O)C1CCCC1)OCCC2=O. The van der Waals surface area contributed by atoms with Gasteiger partial charge in [-0.1, -0.05) is 12.8 Å². The lowest BCUT2D eigenvalue weighted by Gasteiger charge is -2.25. The molecule has 0 saturated heterocycles. The third-order valence-corrected chi connectivity index (χ3v) is 4.58. The van der Waals surface area contributed by atoms with Crippen LogP contribution in [-0.2, 0) is 4.79 Å². The summed E-state index contributed by atoms with van der Waals surface area (Å²) in [5, 5.41) is 0. The number of hydrogen-bond donors (Lipinski definition) is 0. The average molecular weight is 287 g/mol. The number of rotatable bonds is 2. The molecule has 1 amide bonds. The Labute approximate surface area is 125 Å². The first-order valence-electron chi connectivity index (χ1n) is 7.66. The van der Waals surface area contributed by atoms with E-state index in [-0.39, 0.29) is 17.6 Å². The normalized spacial score (nSPS) is 18.3. The number of benzene rings is 1. The summed E-state index contributed by atoms with van der Waals surface area (Å²) in [5.74, 6) is 1.05. The van der Waals surface area contributed by atoms with Crippen LogP contribution in [0.5, 0.6) is 5.75 Å². The minimum Gasteiger partial charge on any atom is -0.492 e. The van der Waals surface area contributed by atoms with E-state index >= 15 is 0 Å². The topological polar surface area (TPSA) is 46.6 Å². The quantitative estimate of drug-likeness (QED) is 0.839. The van der Waals surface area contributed by atoms with Crippen molar-refractivity contribution in [1.82, 2.24) is 0 Å². The van der Waals surface area contributed by atoms with Crippen molar-refractivity contribution in [3.05, 3.63) is 23.3 Å². The molecule has 1 fully saturated rings. The van der Waals surface area contributed by atoms with Gasteiger partial charge in [-0.05, 0) is 31.4 Å². The van der Waals surface area contributed by atoms with Gasteiger partial charge in [-0.3, -0.25) is 9.59 Å². The Hall–Kier alpha value is -1.84. The monoisotopic (exact) mass is 287 g/mol. The molecule has 1 aromatic carbocycles. The smallest absolute Gasteiger partial charge is 0.229 e. The maximum absolute atomic E-state index is 12.5. The highest BCUT2D eigenvalue weighted by molar-refractivity contribution is 6.02. The Morgan fingerprint density at radius 2 is 2.00 bits per heavy atom. The maximum Gasteiger partial charge on any atom is 0.229 e. The minimum absolute atomic E-state index is 0.121. The molecule has 1 aromatic rings. The number of nitrogens with zero attached hydrogens (tertiary/aromatic N) is 1. The molecule has 1 heterocycles. The number of carbonyl (C=O) groups excluding carboxylic acids is 2. The number of Topliss-reactive ketones (excluding diaryl/α,β-unsaturated/α-hetero) is 1. The van der Waals surface area contributed by atoms with Gasteiger partial charge in [0.2, 0.25) is 5.91 Å². The lowest BCUT2D eigenvalue weighted by Crippen LogP contribution is -2.32. The van der Waals surface area contributed by atoms with E-state index in [2.05, 4.69) is 0 Å². The molecule has 4 nitrogen and oxygen atoms in total. The Kier molecular flexibility index (Phi) is 3.70. The predicted octanol–water partition coefficient (Wildman–Crippen LogP) is 3.11. The largest absolute Gasteiger partial charge is 0.492 e. The summed E-state index contributed by atoms with van der Waals surface area (Å²) in [5.41, 5.74) is 2.44. The first-order chi connectivity index (χ1) is 10.1. The molecular weight excluding hydrogens is 266 g/mol. The van der Waals surface area contributed by atoms with Gasteiger partial charge in [0, 0.05) is 31.1 Å². The average Bonchev–Trinajstić information content (AvgIpc) is 3.00. The van der Waals surface area contributed by atoms with Crippen LogP contribution in [0.1, 0.15) is 48.0 Å². The summed E-state index contributed by atoms with van der Waals surface area (Å²) in [6.07, 6.45) is 4.70. The third kappa shape index (κ3) is 2.55. The molecule has 2 aliphatic rings. The van der Waals surface area contributed by atoms with Crippen molar-refractivity contribution in [3.8, 4) is 5.75 Å². The predicted molar refractivity (Wildman–Crippen MR) is 81.0 cm³/mol. The van der Waals surface area contributed by atoms with Gasteiger partial charge in [-0.15, -0.1) is 0 Å². The fraction of sp³-hybridized carbons (Fsp3) is 0.529. The molecule has 21 heavy (non-hydrogen) atoms. The highest BCUT2D eigenvalue weighted by Gasteiger charge is 2.28. The first kappa shape index (κ1) is 14.1. The zero-order chi connectivity index (χ0) is 15.0. The van der Waals surface area contributed by atoms with Gasteiger partial charge < -0.3 is 9.64 Å². The van der Waals surface area contributed by atoms with Crippen LogP contribution in [0.3, 0.4) is 0 Å². The van der Waals surface area contributed by atoms with Crippen LogP contribution in [0.4, 0.5) is 5.69 Å². The van der Waals surface area contributed by atoms with Crippen LogP contribution < -0.4 is 9.64 Å². The van der Waals surface area contributed by atoms with Crippen LogP contribution in [0.15, 0.2) is 12.1 Å². The van der Waals surface area contributed by atoms with Crippen molar-refractivity contribution in [2.45, 2.75) is 39.0 Å². The fourth-order valence-electron chi connectivity index (χ4n) is 3.33. The summed E-state index contributed by atoms with van der Waals surface area (Å²) >= 11 is 0. The second-order valence-corrected chi connectivity index (χ2v) is 6.04. The van der Waals surface area contributed by atoms with Crippen molar-refractivity contribution in [1.29, 1.82) is 0 Å². The Morgan fingerprint density at radius 3 is 2.71 bits per heavy atom. The molecule has 0 atom stereocenters. The van der Waals surface area contributed by atoms with E-state index in [1.54, 1.807) is 4.90 Å². The number of amides is 1. The summed E-state index contributed by atoms with van der Waals surface area (Å²) in [6.45, 7) is 2.37. The molecule has 1 aliphatic heterocycles. The van der Waals surface area contributed by atoms with Gasteiger partial charge in [0.05, 0.1) is 12.2 Å². The Balaban J connectivity index is 1.91. The first-order valence-corrected chi connectivity index (χ1v) is 7.66. The second kappa shape index (κ2) is 5.51. The second-order valence-electron chi connectivity index (χ2n) is 6.04. The molecule has 0 aromatic heterocycles. The summed E-state index contributed by atoms with van der Waals surface area (Å²) in [4.78, 5) is 26.2. The molecule has 112 valence electrons. The van der Waals surface area contributed by atoms with Gasteiger partial charge >= 0.3 is 0 Å². The van der Waals surface area contributed by atoms with E-state index in [0.717, 1.165) is 36.9 Å². The number of aryl methyl sites for hydroxylation is 1. The molecular formula is C17H21NO3. The molecule has 1 aliphatic carbocycles. The van der Waals surface area contributed by atoms with Crippen LogP contribution in [0.2, 0.25) is 0 Å². The molecule has 3 rings (SSSR count).